The van der Waals surface area contributed by atoms with E-state index in [0.29, 0.717) is 5.69 Å². The van der Waals surface area contributed by atoms with E-state index in [0.717, 1.165) is 55.9 Å². The van der Waals surface area contributed by atoms with E-state index in [1.54, 1.807) is 0 Å². The van der Waals surface area contributed by atoms with Crippen molar-refractivity contribution in [2.45, 2.75) is 25.0 Å². The van der Waals surface area contributed by atoms with Crippen LogP contribution in [0.4, 0.5) is 0 Å². The average molecular weight is 358 g/mol. The van der Waals surface area contributed by atoms with Gasteiger partial charge < -0.3 is 9.30 Å². The number of benzene rings is 2. The van der Waals surface area contributed by atoms with Crippen molar-refractivity contribution in [3.8, 4) is 11.4 Å². The molecule has 1 spiro atoms. The molecule has 1 fully saturated rings. The van der Waals surface area contributed by atoms with Crippen molar-refractivity contribution < 1.29 is 9.53 Å². The predicted octanol–water partition coefficient (Wildman–Crippen LogP) is 4.17. The monoisotopic (exact) mass is 358 g/mol. The fourth-order valence-electron chi connectivity index (χ4n) is 4.43. The largest absolute Gasteiger partial charge is 0.479 e. The minimum Gasteiger partial charge on any atom is -0.479 e. The molecule has 2 aromatic carbocycles. The number of aldehydes is 1. The lowest BCUT2D eigenvalue weighted by Gasteiger charge is -2.45. The van der Waals surface area contributed by atoms with Crippen molar-refractivity contribution in [2.24, 2.45) is 0 Å². The first-order valence-electron chi connectivity index (χ1n) is 9.51. The van der Waals surface area contributed by atoms with E-state index in [-0.39, 0.29) is 5.60 Å². The number of piperidine rings is 1. The van der Waals surface area contributed by atoms with E-state index in [2.05, 4.69) is 45.9 Å². The van der Waals surface area contributed by atoms with Gasteiger partial charge in [-0.2, -0.15) is 0 Å². The molecule has 1 saturated heterocycles. The highest BCUT2D eigenvalue weighted by Crippen LogP contribution is 2.45. The molecule has 0 aliphatic carbocycles. The summed E-state index contributed by atoms with van der Waals surface area (Å²) in [5.41, 5.74) is 3.73. The molecule has 0 bridgehead atoms. The summed E-state index contributed by atoms with van der Waals surface area (Å²) in [6, 6.07) is 22.6. The smallest absolute Gasteiger partial charge is 0.166 e. The van der Waals surface area contributed by atoms with Crippen molar-refractivity contribution in [1.82, 2.24) is 9.47 Å². The zero-order chi connectivity index (χ0) is 18.3. The van der Waals surface area contributed by atoms with Gasteiger partial charge in [-0.05, 0) is 29.8 Å². The van der Waals surface area contributed by atoms with Crippen LogP contribution >= 0.6 is 0 Å². The Bertz CT molecular complexity index is 969. The lowest BCUT2D eigenvalue weighted by atomic mass is 9.86. The first kappa shape index (κ1) is 16.3. The number of carbonyl (C=O) groups is 1. The van der Waals surface area contributed by atoms with E-state index in [9.17, 15) is 4.79 Å². The highest BCUT2D eigenvalue weighted by Gasteiger charge is 2.44. The Hall–Kier alpha value is -2.85. The Balaban J connectivity index is 1.45. The van der Waals surface area contributed by atoms with E-state index in [4.69, 9.17) is 4.74 Å². The summed E-state index contributed by atoms with van der Waals surface area (Å²) >= 11 is 0. The molecule has 3 heterocycles. The zero-order valence-corrected chi connectivity index (χ0v) is 15.2. The van der Waals surface area contributed by atoms with Crippen molar-refractivity contribution in [3.05, 3.63) is 83.7 Å². The number of aromatic nitrogens is 1. The van der Waals surface area contributed by atoms with Gasteiger partial charge in [-0.15, -0.1) is 0 Å². The van der Waals surface area contributed by atoms with Gasteiger partial charge in [-0.1, -0.05) is 42.5 Å². The summed E-state index contributed by atoms with van der Waals surface area (Å²) in [7, 11) is 0. The number of likely N-dealkylation sites (tertiary alicyclic amines) is 1. The van der Waals surface area contributed by atoms with E-state index < -0.39 is 0 Å². The Morgan fingerprint density at radius 1 is 0.926 bits per heavy atom. The van der Waals surface area contributed by atoms with Gasteiger partial charge in [0, 0.05) is 32.5 Å². The number of nitrogens with zero attached hydrogens (tertiary/aromatic N) is 2. The molecule has 27 heavy (non-hydrogen) atoms. The second-order valence-corrected chi connectivity index (χ2v) is 7.42. The number of para-hydroxylation sites is 2. The first-order valence-corrected chi connectivity index (χ1v) is 9.51. The molecule has 136 valence electrons. The fourth-order valence-corrected chi connectivity index (χ4v) is 4.43. The van der Waals surface area contributed by atoms with Gasteiger partial charge in [-0.25, -0.2) is 0 Å². The van der Waals surface area contributed by atoms with Gasteiger partial charge in [0.15, 0.2) is 11.9 Å². The van der Waals surface area contributed by atoms with Gasteiger partial charge in [0.2, 0.25) is 0 Å². The first-order chi connectivity index (χ1) is 13.3. The van der Waals surface area contributed by atoms with Crippen LogP contribution in [0.5, 0.6) is 5.75 Å². The number of carbonyl (C=O) groups excluding carboxylic acids is 1. The maximum atomic E-state index is 11.6. The van der Waals surface area contributed by atoms with E-state index >= 15 is 0 Å². The summed E-state index contributed by atoms with van der Waals surface area (Å²) in [5.74, 6) is 0.862. The van der Waals surface area contributed by atoms with Gasteiger partial charge in [0.1, 0.15) is 5.75 Å². The molecule has 0 N–H and O–H groups in total. The van der Waals surface area contributed by atoms with Crippen LogP contribution in [-0.4, -0.2) is 28.8 Å². The van der Waals surface area contributed by atoms with Gasteiger partial charge >= 0.3 is 0 Å². The second kappa shape index (κ2) is 6.39. The lowest BCUT2D eigenvalue weighted by molar-refractivity contribution is -0.0152. The number of fused-ring (bicyclic) bond motifs is 4. The molecule has 2 aliphatic heterocycles. The standard InChI is InChI=1S/C23H22N2O2/c26-17-19-10-11-22-23(27-21-9-5-4-8-20(21)25(19)22)12-14-24(15-13-23)16-18-6-2-1-3-7-18/h1-11,17H,12-16H2. The highest BCUT2D eigenvalue weighted by molar-refractivity contribution is 5.75. The third kappa shape index (κ3) is 2.68. The Morgan fingerprint density at radius 3 is 2.44 bits per heavy atom. The molecule has 4 nitrogen and oxygen atoms in total. The minimum atomic E-state index is -0.358. The molecule has 2 aliphatic rings. The maximum absolute atomic E-state index is 11.6. The number of hydrogen-bond donors (Lipinski definition) is 0. The SMILES string of the molecule is O=Cc1ccc2n1-c1ccccc1OC21CCN(Cc2ccccc2)CC1. The topological polar surface area (TPSA) is 34.5 Å². The number of hydrogen-bond acceptors (Lipinski definition) is 3. The van der Waals surface area contributed by atoms with Crippen LogP contribution in [0.25, 0.3) is 5.69 Å². The van der Waals surface area contributed by atoms with Crippen LogP contribution in [0.15, 0.2) is 66.7 Å². The summed E-state index contributed by atoms with van der Waals surface area (Å²) in [6.07, 6.45) is 2.76. The quantitative estimate of drug-likeness (QED) is 0.659. The van der Waals surface area contributed by atoms with Gasteiger partial charge in [0.05, 0.1) is 17.1 Å². The summed E-state index contributed by atoms with van der Waals surface area (Å²) in [6.45, 7) is 2.91. The Kier molecular flexibility index (Phi) is 3.87. The van der Waals surface area contributed by atoms with Crippen LogP contribution in [0.2, 0.25) is 0 Å². The van der Waals surface area contributed by atoms with Crippen LogP contribution < -0.4 is 4.74 Å². The second-order valence-electron chi connectivity index (χ2n) is 7.42. The lowest BCUT2D eigenvalue weighted by Crippen LogP contribution is -2.48. The normalized spacial score (nSPS) is 17.8. The van der Waals surface area contributed by atoms with Crippen LogP contribution in [0.3, 0.4) is 0 Å². The molecule has 0 amide bonds. The van der Waals surface area contributed by atoms with Crippen molar-refractivity contribution >= 4 is 6.29 Å². The fraction of sp³-hybridized carbons (Fsp3) is 0.261. The molecule has 1 aromatic heterocycles. The molecule has 0 saturated carbocycles. The van der Waals surface area contributed by atoms with Crippen molar-refractivity contribution in [3.63, 3.8) is 0 Å². The number of rotatable bonds is 3. The third-order valence-corrected chi connectivity index (χ3v) is 5.82. The minimum absolute atomic E-state index is 0.358. The molecule has 0 atom stereocenters. The van der Waals surface area contributed by atoms with Crippen LogP contribution in [0.1, 0.15) is 34.6 Å². The summed E-state index contributed by atoms with van der Waals surface area (Å²) in [5, 5.41) is 0. The average Bonchev–Trinajstić information content (AvgIpc) is 3.16. The molecular formula is C23H22N2O2. The summed E-state index contributed by atoms with van der Waals surface area (Å²) in [4.78, 5) is 14.1. The molecule has 3 aromatic rings. The zero-order valence-electron chi connectivity index (χ0n) is 15.2. The Labute approximate surface area is 159 Å². The molecule has 0 radical (unpaired) electrons. The number of ether oxygens (including phenoxy) is 1. The molecule has 0 unspecified atom stereocenters. The summed E-state index contributed by atoms with van der Waals surface area (Å²) < 4.78 is 8.66. The molecule has 5 rings (SSSR count). The van der Waals surface area contributed by atoms with Gasteiger partial charge in [0.25, 0.3) is 0 Å². The molecule has 4 heteroatoms. The van der Waals surface area contributed by atoms with Crippen molar-refractivity contribution in [1.29, 1.82) is 0 Å². The highest BCUT2D eigenvalue weighted by atomic mass is 16.5. The molecular weight excluding hydrogens is 336 g/mol. The van der Waals surface area contributed by atoms with Crippen LogP contribution in [-0.2, 0) is 12.1 Å². The Morgan fingerprint density at radius 2 is 1.67 bits per heavy atom. The maximum Gasteiger partial charge on any atom is 0.166 e. The third-order valence-electron chi connectivity index (χ3n) is 5.82. The van der Waals surface area contributed by atoms with E-state index in [1.165, 1.54) is 5.56 Å². The van der Waals surface area contributed by atoms with Crippen LogP contribution in [0, 0.1) is 0 Å². The van der Waals surface area contributed by atoms with E-state index in [1.807, 2.05) is 30.3 Å². The predicted molar refractivity (Wildman–Crippen MR) is 104 cm³/mol. The van der Waals surface area contributed by atoms with Crippen molar-refractivity contribution in [2.75, 3.05) is 13.1 Å². The van der Waals surface area contributed by atoms with Gasteiger partial charge in [-0.3, -0.25) is 9.69 Å².